The summed E-state index contributed by atoms with van der Waals surface area (Å²) in [4.78, 5) is 17.0. The third-order valence-corrected chi connectivity index (χ3v) is 2.41. The molecule has 76 valence electrons. The van der Waals surface area contributed by atoms with E-state index in [9.17, 15) is 4.79 Å². The van der Waals surface area contributed by atoms with E-state index in [4.69, 9.17) is 10.2 Å². The second-order valence-corrected chi connectivity index (χ2v) is 3.65. The largest absolute Gasteiger partial charge is 0.449 e. The van der Waals surface area contributed by atoms with Gasteiger partial charge in [0, 0.05) is 26.6 Å². The molecule has 0 aromatic carbocycles. The number of primary amides is 1. The third-order valence-electron chi connectivity index (χ3n) is 2.41. The molecule has 5 nitrogen and oxygen atoms in total. The number of nitrogens with two attached hydrogens (primary N) is 1. The van der Waals surface area contributed by atoms with Crippen LogP contribution in [0.2, 0.25) is 0 Å². The van der Waals surface area contributed by atoms with Crippen LogP contribution in [-0.4, -0.2) is 28.9 Å². The fourth-order valence-electron chi connectivity index (χ4n) is 1.59. The Hall–Kier alpha value is -1.36. The third kappa shape index (κ3) is 1.77. The zero-order chi connectivity index (χ0) is 10.1. The molecule has 2 rings (SSSR count). The molecule has 1 amide bonds. The van der Waals surface area contributed by atoms with Gasteiger partial charge in [-0.1, -0.05) is 0 Å². The Morgan fingerprint density at radius 1 is 1.79 bits per heavy atom. The van der Waals surface area contributed by atoms with Crippen molar-refractivity contribution < 1.29 is 9.21 Å². The van der Waals surface area contributed by atoms with Crippen LogP contribution in [0.5, 0.6) is 0 Å². The highest BCUT2D eigenvalue weighted by atomic mass is 16.3. The fourth-order valence-corrected chi connectivity index (χ4v) is 1.59. The van der Waals surface area contributed by atoms with Gasteiger partial charge in [0.2, 0.25) is 5.91 Å². The van der Waals surface area contributed by atoms with Crippen molar-refractivity contribution in [3.8, 4) is 0 Å². The molecule has 1 aromatic rings. The first kappa shape index (κ1) is 9.21. The summed E-state index contributed by atoms with van der Waals surface area (Å²) in [7, 11) is 0. The standard InChI is InChI=1S/C9H13N3O2/c1-6-11-8(5-14-6)4-12-2-7(3-12)9(10)13/h5,7H,2-4H2,1H3,(H2,10,13). The monoisotopic (exact) mass is 195 g/mol. The van der Waals surface area contributed by atoms with Crippen LogP contribution < -0.4 is 5.73 Å². The highest BCUT2D eigenvalue weighted by Gasteiger charge is 2.31. The second-order valence-electron chi connectivity index (χ2n) is 3.65. The van der Waals surface area contributed by atoms with E-state index in [1.54, 1.807) is 6.26 Å². The number of nitrogens with zero attached hydrogens (tertiary/aromatic N) is 2. The van der Waals surface area contributed by atoms with Crippen molar-refractivity contribution in [1.82, 2.24) is 9.88 Å². The van der Waals surface area contributed by atoms with Gasteiger partial charge < -0.3 is 10.2 Å². The minimum absolute atomic E-state index is 0.0167. The van der Waals surface area contributed by atoms with Crippen LogP contribution in [0.3, 0.4) is 0 Å². The molecule has 1 fully saturated rings. The van der Waals surface area contributed by atoms with Gasteiger partial charge in [0.25, 0.3) is 0 Å². The highest BCUT2D eigenvalue weighted by Crippen LogP contribution is 2.17. The number of hydrogen-bond acceptors (Lipinski definition) is 4. The Morgan fingerprint density at radius 3 is 3.00 bits per heavy atom. The maximum atomic E-state index is 10.7. The summed E-state index contributed by atoms with van der Waals surface area (Å²) in [5.74, 6) is 0.479. The van der Waals surface area contributed by atoms with E-state index in [1.807, 2.05) is 6.92 Å². The number of aryl methyl sites for hydroxylation is 1. The van der Waals surface area contributed by atoms with Crippen LogP contribution in [0.4, 0.5) is 0 Å². The van der Waals surface area contributed by atoms with Gasteiger partial charge in [0.1, 0.15) is 6.26 Å². The molecule has 0 aliphatic carbocycles. The maximum absolute atomic E-state index is 10.7. The van der Waals surface area contributed by atoms with Crippen molar-refractivity contribution >= 4 is 5.91 Å². The van der Waals surface area contributed by atoms with Gasteiger partial charge in [0.15, 0.2) is 5.89 Å². The summed E-state index contributed by atoms with van der Waals surface area (Å²) in [6, 6.07) is 0. The van der Waals surface area contributed by atoms with Crippen LogP contribution >= 0.6 is 0 Å². The molecule has 0 atom stereocenters. The van der Waals surface area contributed by atoms with Gasteiger partial charge in [-0.3, -0.25) is 9.69 Å². The quantitative estimate of drug-likeness (QED) is 0.731. The van der Waals surface area contributed by atoms with Crippen molar-refractivity contribution in [1.29, 1.82) is 0 Å². The summed E-state index contributed by atoms with van der Waals surface area (Å²) < 4.78 is 5.08. The lowest BCUT2D eigenvalue weighted by Gasteiger charge is -2.36. The SMILES string of the molecule is Cc1nc(CN2CC(C(N)=O)C2)co1. The van der Waals surface area contributed by atoms with E-state index in [0.717, 1.165) is 25.3 Å². The summed E-state index contributed by atoms with van der Waals surface area (Å²) in [5.41, 5.74) is 6.07. The van der Waals surface area contributed by atoms with E-state index < -0.39 is 0 Å². The Balaban J connectivity index is 1.82. The van der Waals surface area contributed by atoms with Gasteiger partial charge in [-0.2, -0.15) is 0 Å². The number of carbonyl (C=O) groups is 1. The predicted molar refractivity (Wildman–Crippen MR) is 49.2 cm³/mol. The Morgan fingerprint density at radius 2 is 2.50 bits per heavy atom. The zero-order valence-corrected chi connectivity index (χ0v) is 8.06. The lowest BCUT2D eigenvalue weighted by atomic mass is 10.00. The van der Waals surface area contributed by atoms with E-state index in [2.05, 4.69) is 9.88 Å². The molecule has 2 N–H and O–H groups in total. The molecule has 5 heteroatoms. The van der Waals surface area contributed by atoms with Crippen LogP contribution in [0, 0.1) is 12.8 Å². The van der Waals surface area contributed by atoms with Crippen LogP contribution in [0.1, 0.15) is 11.6 Å². The minimum atomic E-state index is -0.211. The van der Waals surface area contributed by atoms with Crippen molar-refractivity contribution in [3.05, 3.63) is 17.8 Å². The molecular formula is C9H13N3O2. The second kappa shape index (κ2) is 3.42. The van der Waals surface area contributed by atoms with Gasteiger partial charge >= 0.3 is 0 Å². The zero-order valence-electron chi connectivity index (χ0n) is 8.06. The average molecular weight is 195 g/mol. The number of aromatic nitrogens is 1. The van der Waals surface area contributed by atoms with Crippen LogP contribution in [0.25, 0.3) is 0 Å². The van der Waals surface area contributed by atoms with E-state index in [0.29, 0.717) is 5.89 Å². The molecule has 0 unspecified atom stereocenters. The number of carbonyl (C=O) groups excluding carboxylic acids is 1. The minimum Gasteiger partial charge on any atom is -0.449 e. The van der Waals surface area contributed by atoms with Crippen LogP contribution in [0.15, 0.2) is 10.7 Å². The highest BCUT2D eigenvalue weighted by molar-refractivity contribution is 5.78. The van der Waals surface area contributed by atoms with Crippen LogP contribution in [-0.2, 0) is 11.3 Å². The summed E-state index contributed by atoms with van der Waals surface area (Å²) >= 11 is 0. The number of oxazole rings is 1. The Bertz CT molecular complexity index is 342. The summed E-state index contributed by atoms with van der Waals surface area (Å²) in [6.45, 7) is 4.02. The van der Waals surface area contributed by atoms with E-state index >= 15 is 0 Å². The molecular weight excluding hydrogens is 182 g/mol. The molecule has 0 bridgehead atoms. The number of likely N-dealkylation sites (tertiary alicyclic amines) is 1. The number of rotatable bonds is 3. The Labute approximate surface area is 81.9 Å². The van der Waals surface area contributed by atoms with Crippen molar-refractivity contribution in [2.45, 2.75) is 13.5 Å². The smallest absolute Gasteiger partial charge is 0.223 e. The molecule has 0 saturated carbocycles. The predicted octanol–water partition coefficient (Wildman–Crippen LogP) is -0.0999. The first-order valence-electron chi connectivity index (χ1n) is 4.58. The van der Waals surface area contributed by atoms with Gasteiger partial charge in [-0.15, -0.1) is 0 Å². The van der Waals surface area contributed by atoms with Crippen molar-refractivity contribution in [3.63, 3.8) is 0 Å². The van der Waals surface area contributed by atoms with Gasteiger partial charge in [0.05, 0.1) is 11.6 Å². The lowest BCUT2D eigenvalue weighted by molar-refractivity contribution is -0.127. The normalized spacial score (nSPS) is 18.1. The van der Waals surface area contributed by atoms with Gasteiger partial charge in [-0.25, -0.2) is 4.98 Å². The molecule has 1 aromatic heterocycles. The van der Waals surface area contributed by atoms with Crippen molar-refractivity contribution in [2.24, 2.45) is 11.7 Å². The summed E-state index contributed by atoms with van der Waals surface area (Å²) in [6.07, 6.45) is 1.65. The van der Waals surface area contributed by atoms with E-state index in [1.165, 1.54) is 0 Å². The Kier molecular flexibility index (Phi) is 2.25. The lowest BCUT2D eigenvalue weighted by Crippen LogP contribution is -2.51. The maximum Gasteiger partial charge on any atom is 0.223 e. The fraction of sp³-hybridized carbons (Fsp3) is 0.556. The molecule has 2 heterocycles. The number of amides is 1. The topological polar surface area (TPSA) is 72.4 Å². The van der Waals surface area contributed by atoms with Gasteiger partial charge in [-0.05, 0) is 0 Å². The molecule has 1 saturated heterocycles. The summed E-state index contributed by atoms with van der Waals surface area (Å²) in [5, 5.41) is 0. The molecule has 1 aliphatic heterocycles. The molecule has 0 spiro atoms. The first-order valence-corrected chi connectivity index (χ1v) is 4.58. The van der Waals surface area contributed by atoms with Crippen molar-refractivity contribution in [2.75, 3.05) is 13.1 Å². The van der Waals surface area contributed by atoms with E-state index in [-0.39, 0.29) is 11.8 Å². The molecule has 14 heavy (non-hydrogen) atoms. The first-order chi connectivity index (χ1) is 6.65. The number of hydrogen-bond donors (Lipinski definition) is 1. The average Bonchev–Trinajstić information content (AvgIpc) is 2.42. The molecule has 1 aliphatic rings. The molecule has 0 radical (unpaired) electrons.